The Morgan fingerprint density at radius 1 is 0.970 bits per heavy atom. The van der Waals surface area contributed by atoms with Crippen molar-refractivity contribution in [1.29, 1.82) is 0 Å². The van der Waals surface area contributed by atoms with E-state index in [1.54, 1.807) is 24.4 Å². The Hall–Kier alpha value is -3.15. The van der Waals surface area contributed by atoms with E-state index in [-0.39, 0.29) is 23.8 Å². The molecule has 2 fully saturated rings. The van der Waals surface area contributed by atoms with E-state index in [1.165, 1.54) is 6.42 Å². The molecule has 2 aromatic rings. The minimum Gasteiger partial charge on any atom is -0.397 e. The minimum atomic E-state index is -0.0763. The first-order valence-electron chi connectivity index (χ1n) is 12.1. The second-order valence-corrected chi connectivity index (χ2v) is 9.47. The van der Waals surface area contributed by atoms with Crippen LogP contribution in [-0.2, 0) is 4.79 Å². The van der Waals surface area contributed by atoms with Gasteiger partial charge in [0, 0.05) is 29.4 Å². The molecule has 33 heavy (non-hydrogen) atoms. The summed E-state index contributed by atoms with van der Waals surface area (Å²) in [5.41, 5.74) is 9.44. The Morgan fingerprint density at radius 2 is 1.67 bits per heavy atom. The molecular weight excluding hydrogens is 412 g/mol. The second kappa shape index (κ2) is 10.6. The average molecular weight is 447 g/mol. The third kappa shape index (κ3) is 6.01. The summed E-state index contributed by atoms with van der Waals surface area (Å²) in [5, 5.41) is 6.18. The summed E-state index contributed by atoms with van der Waals surface area (Å²) in [5.74, 6) is 0.673. The fraction of sp³-hybridized carbons (Fsp3) is 0.444. The van der Waals surface area contributed by atoms with Gasteiger partial charge in [0.2, 0.25) is 5.91 Å². The third-order valence-corrected chi connectivity index (χ3v) is 6.98. The van der Waals surface area contributed by atoms with Crippen molar-refractivity contribution in [3.63, 3.8) is 0 Å². The van der Waals surface area contributed by atoms with Crippen molar-refractivity contribution < 1.29 is 9.59 Å². The quantitative estimate of drug-likeness (QED) is 0.406. The van der Waals surface area contributed by atoms with Gasteiger partial charge in [-0.3, -0.25) is 14.6 Å². The Morgan fingerprint density at radius 3 is 2.39 bits per heavy atom. The number of anilines is 2. The van der Waals surface area contributed by atoms with Crippen molar-refractivity contribution >= 4 is 35.1 Å². The Labute approximate surface area is 196 Å². The molecule has 2 aliphatic carbocycles. The first-order valence-corrected chi connectivity index (χ1v) is 12.1. The van der Waals surface area contributed by atoms with Gasteiger partial charge < -0.3 is 16.4 Å². The third-order valence-electron chi connectivity index (χ3n) is 6.98. The molecule has 2 unspecified atom stereocenters. The molecule has 6 heteroatoms. The van der Waals surface area contributed by atoms with Crippen LogP contribution in [0.15, 0.2) is 47.5 Å². The lowest BCUT2D eigenvalue weighted by atomic mass is 9.86. The lowest BCUT2D eigenvalue weighted by Gasteiger charge is -2.29. The molecule has 2 aliphatic rings. The predicted molar refractivity (Wildman–Crippen MR) is 134 cm³/mol. The van der Waals surface area contributed by atoms with Crippen LogP contribution in [0.25, 0.3) is 0 Å². The maximum atomic E-state index is 12.8. The van der Waals surface area contributed by atoms with E-state index in [1.807, 2.05) is 24.3 Å². The van der Waals surface area contributed by atoms with Gasteiger partial charge in [0.1, 0.15) is 0 Å². The molecule has 2 amide bonds. The number of carbonyl (C=O) groups is 2. The van der Waals surface area contributed by atoms with Crippen LogP contribution >= 0.6 is 0 Å². The molecule has 6 nitrogen and oxygen atoms in total. The van der Waals surface area contributed by atoms with Crippen molar-refractivity contribution in [2.75, 3.05) is 11.1 Å². The highest BCUT2D eigenvalue weighted by molar-refractivity contribution is 5.97. The van der Waals surface area contributed by atoms with E-state index in [2.05, 4.69) is 22.5 Å². The van der Waals surface area contributed by atoms with Crippen LogP contribution in [0, 0.1) is 11.8 Å². The fourth-order valence-electron chi connectivity index (χ4n) is 4.81. The van der Waals surface area contributed by atoms with E-state index in [0.717, 1.165) is 56.2 Å². The van der Waals surface area contributed by atoms with Gasteiger partial charge in [0.25, 0.3) is 5.91 Å². The van der Waals surface area contributed by atoms with Gasteiger partial charge in [-0.15, -0.1) is 0 Å². The first kappa shape index (κ1) is 23.0. The highest BCUT2D eigenvalue weighted by Crippen LogP contribution is 2.27. The monoisotopic (exact) mass is 446 g/mol. The molecule has 0 saturated heterocycles. The van der Waals surface area contributed by atoms with E-state index in [9.17, 15) is 9.59 Å². The van der Waals surface area contributed by atoms with Crippen LogP contribution in [0.1, 0.15) is 74.2 Å². The maximum absolute atomic E-state index is 12.8. The topological polar surface area (TPSA) is 96.6 Å². The number of hydrogen-bond acceptors (Lipinski definition) is 4. The SMILES string of the molecule is CC1CCCCC1NC(=O)c1ccc(N)c(N=Cc2ccc(NC(=O)C3CCCC3)cc2)c1. The highest BCUT2D eigenvalue weighted by Gasteiger charge is 2.24. The average Bonchev–Trinajstić information content (AvgIpc) is 3.36. The van der Waals surface area contributed by atoms with Crippen LogP contribution < -0.4 is 16.4 Å². The van der Waals surface area contributed by atoms with Crippen LogP contribution in [0.3, 0.4) is 0 Å². The van der Waals surface area contributed by atoms with Crippen LogP contribution in [-0.4, -0.2) is 24.1 Å². The number of benzene rings is 2. The van der Waals surface area contributed by atoms with E-state index >= 15 is 0 Å². The zero-order valence-corrected chi connectivity index (χ0v) is 19.3. The number of carbonyl (C=O) groups excluding carboxylic acids is 2. The number of amides is 2. The van der Waals surface area contributed by atoms with Crippen molar-refractivity contribution in [1.82, 2.24) is 5.32 Å². The number of rotatable bonds is 6. The summed E-state index contributed by atoms with van der Waals surface area (Å²) in [6.07, 6.45) is 10.5. The maximum Gasteiger partial charge on any atom is 0.251 e. The van der Waals surface area contributed by atoms with Crippen molar-refractivity contribution in [2.45, 2.75) is 64.3 Å². The Balaban J connectivity index is 1.39. The lowest BCUT2D eigenvalue weighted by molar-refractivity contribution is -0.119. The van der Waals surface area contributed by atoms with Crippen LogP contribution in [0.4, 0.5) is 17.1 Å². The van der Waals surface area contributed by atoms with Crippen molar-refractivity contribution in [3.8, 4) is 0 Å². The molecule has 2 saturated carbocycles. The number of nitrogens with two attached hydrogens (primary N) is 1. The van der Waals surface area contributed by atoms with Crippen molar-refractivity contribution in [3.05, 3.63) is 53.6 Å². The Bertz CT molecular complexity index is 1010. The lowest BCUT2D eigenvalue weighted by Crippen LogP contribution is -2.41. The summed E-state index contributed by atoms with van der Waals surface area (Å²) in [6.45, 7) is 2.20. The molecule has 4 rings (SSSR count). The molecule has 2 atom stereocenters. The number of hydrogen-bond donors (Lipinski definition) is 3. The smallest absolute Gasteiger partial charge is 0.251 e. The zero-order chi connectivity index (χ0) is 23.2. The highest BCUT2D eigenvalue weighted by atomic mass is 16.2. The predicted octanol–water partition coefficient (Wildman–Crippen LogP) is 5.46. The largest absolute Gasteiger partial charge is 0.397 e. The number of aliphatic imine (C=N–C) groups is 1. The van der Waals surface area contributed by atoms with Crippen LogP contribution in [0.2, 0.25) is 0 Å². The summed E-state index contributed by atoms with van der Waals surface area (Å²) >= 11 is 0. The Kier molecular flexibility index (Phi) is 7.43. The standard InChI is InChI=1S/C27H34N4O2/c1-18-6-2-5-9-24(18)31-27(33)21-12-15-23(28)25(16-21)29-17-19-10-13-22(14-11-19)30-26(32)20-7-3-4-8-20/h10-18,20,24H,2-9,28H2,1H3,(H,30,32)(H,31,33). The number of nitrogens with one attached hydrogen (secondary N) is 2. The molecule has 4 N–H and O–H groups in total. The fourth-order valence-corrected chi connectivity index (χ4v) is 4.81. The molecule has 0 heterocycles. The van der Waals surface area contributed by atoms with Gasteiger partial charge in [-0.1, -0.05) is 44.7 Å². The zero-order valence-electron chi connectivity index (χ0n) is 19.3. The summed E-state index contributed by atoms with van der Waals surface area (Å²) in [7, 11) is 0. The molecule has 0 bridgehead atoms. The normalized spacial score (nSPS) is 21.2. The van der Waals surface area contributed by atoms with Gasteiger partial charge in [0.05, 0.1) is 11.4 Å². The molecule has 0 aromatic heterocycles. The minimum absolute atomic E-state index is 0.0763. The van der Waals surface area contributed by atoms with E-state index in [4.69, 9.17) is 5.73 Å². The summed E-state index contributed by atoms with van der Waals surface area (Å²) in [4.78, 5) is 29.6. The molecule has 0 radical (unpaired) electrons. The van der Waals surface area contributed by atoms with Crippen LogP contribution in [0.5, 0.6) is 0 Å². The van der Waals surface area contributed by atoms with Crippen molar-refractivity contribution in [2.24, 2.45) is 16.8 Å². The molecule has 174 valence electrons. The number of nitrogens with zero attached hydrogens (tertiary/aromatic N) is 1. The molecule has 0 aliphatic heterocycles. The van der Waals surface area contributed by atoms with Gasteiger partial charge in [-0.25, -0.2) is 0 Å². The summed E-state index contributed by atoms with van der Waals surface area (Å²) in [6, 6.07) is 13.0. The van der Waals surface area contributed by atoms with E-state index < -0.39 is 0 Å². The molecule has 0 spiro atoms. The first-order chi connectivity index (χ1) is 16.0. The summed E-state index contributed by atoms with van der Waals surface area (Å²) < 4.78 is 0. The molecule has 2 aromatic carbocycles. The van der Waals surface area contributed by atoms with E-state index in [0.29, 0.717) is 22.9 Å². The van der Waals surface area contributed by atoms with Gasteiger partial charge in [0.15, 0.2) is 0 Å². The molecular formula is C27H34N4O2. The van der Waals surface area contributed by atoms with Gasteiger partial charge >= 0.3 is 0 Å². The van der Waals surface area contributed by atoms with Gasteiger partial charge in [-0.2, -0.15) is 0 Å². The second-order valence-electron chi connectivity index (χ2n) is 9.47. The van der Waals surface area contributed by atoms with Gasteiger partial charge in [-0.05, 0) is 67.5 Å². The number of nitrogen functional groups attached to an aromatic ring is 1.